The first-order valence-electron chi connectivity index (χ1n) is 6.31. The van der Waals surface area contributed by atoms with Crippen LogP contribution in [0.2, 0.25) is 0 Å². The van der Waals surface area contributed by atoms with Crippen molar-refractivity contribution in [2.75, 3.05) is 18.5 Å². The molecule has 124 valence electrons. The van der Waals surface area contributed by atoms with Gasteiger partial charge in [-0.15, -0.1) is 12.4 Å². The Morgan fingerprint density at radius 2 is 2.09 bits per heavy atom. The second-order valence-electron chi connectivity index (χ2n) is 4.69. The van der Waals surface area contributed by atoms with Crippen molar-refractivity contribution in [3.63, 3.8) is 0 Å². The lowest BCUT2D eigenvalue weighted by Crippen LogP contribution is -2.53. The predicted molar refractivity (Wildman–Crippen MR) is 74.5 cm³/mol. The Hall–Kier alpha value is -1.38. The van der Waals surface area contributed by atoms with Crippen LogP contribution in [0, 0.1) is 5.82 Å². The third-order valence-electron chi connectivity index (χ3n) is 3.14. The molecule has 0 aromatic heterocycles. The zero-order valence-electron chi connectivity index (χ0n) is 11.5. The van der Waals surface area contributed by atoms with E-state index < -0.39 is 35.6 Å². The Kier molecular flexibility index (Phi) is 6.16. The first-order valence-corrected chi connectivity index (χ1v) is 6.31. The fraction of sp³-hybridized carbons (Fsp3) is 0.462. The minimum Gasteiger partial charge on any atom is -0.375 e. The number of anilines is 1. The number of hydrogen-bond acceptors (Lipinski definition) is 3. The molecule has 1 amide bonds. The number of hydrogen-bond donors (Lipinski definition) is 2. The van der Waals surface area contributed by atoms with Gasteiger partial charge < -0.3 is 15.4 Å². The highest BCUT2D eigenvalue weighted by Crippen LogP contribution is 2.33. The molecule has 1 fully saturated rings. The monoisotopic (exact) mass is 342 g/mol. The van der Waals surface area contributed by atoms with Gasteiger partial charge in [0.2, 0.25) is 5.91 Å². The highest BCUT2D eigenvalue weighted by molar-refractivity contribution is 5.95. The highest BCUT2D eigenvalue weighted by Gasteiger charge is 2.35. The molecule has 22 heavy (non-hydrogen) atoms. The van der Waals surface area contributed by atoms with Gasteiger partial charge in [-0.1, -0.05) is 0 Å². The summed E-state index contributed by atoms with van der Waals surface area (Å²) in [7, 11) is 0. The zero-order chi connectivity index (χ0) is 15.6. The summed E-state index contributed by atoms with van der Waals surface area (Å²) in [5.74, 6) is -1.91. The lowest BCUT2D eigenvalue weighted by molar-refractivity contribution is -0.140. The van der Waals surface area contributed by atoms with Crippen LogP contribution >= 0.6 is 12.4 Å². The number of amides is 1. The number of benzene rings is 1. The molecule has 0 bridgehead atoms. The smallest absolute Gasteiger partial charge is 0.375 e. The molecule has 0 spiro atoms. The average molecular weight is 343 g/mol. The first kappa shape index (κ1) is 18.7. The third-order valence-corrected chi connectivity index (χ3v) is 3.14. The predicted octanol–water partition coefficient (Wildman–Crippen LogP) is 2.58. The summed E-state index contributed by atoms with van der Waals surface area (Å²) in [6, 6.07) is 1.66. The summed E-state index contributed by atoms with van der Waals surface area (Å²) >= 11 is 0. The summed E-state index contributed by atoms with van der Waals surface area (Å²) in [6.45, 7) is 2.61. The van der Waals surface area contributed by atoms with Gasteiger partial charge in [0.15, 0.2) is 0 Å². The fourth-order valence-electron chi connectivity index (χ4n) is 2.07. The van der Waals surface area contributed by atoms with Crippen molar-refractivity contribution in [1.82, 2.24) is 5.32 Å². The number of ether oxygens (including phenoxy) is 1. The van der Waals surface area contributed by atoms with E-state index in [0.717, 1.165) is 6.07 Å². The molecule has 0 unspecified atom stereocenters. The molecule has 0 aliphatic carbocycles. The summed E-state index contributed by atoms with van der Waals surface area (Å²) < 4.78 is 56.2. The number of nitrogens with one attached hydrogen (secondary N) is 2. The number of halogens is 5. The highest BCUT2D eigenvalue weighted by atomic mass is 35.5. The minimum atomic E-state index is -4.82. The second-order valence-corrected chi connectivity index (χ2v) is 4.69. The molecule has 1 saturated heterocycles. The summed E-state index contributed by atoms with van der Waals surface area (Å²) in [5, 5.41) is 5.25. The lowest BCUT2D eigenvalue weighted by atomic mass is 10.1. The van der Waals surface area contributed by atoms with Crippen LogP contribution in [-0.4, -0.2) is 31.2 Å². The molecule has 2 rings (SSSR count). The zero-order valence-corrected chi connectivity index (χ0v) is 12.4. The maximum Gasteiger partial charge on any atom is 0.419 e. The van der Waals surface area contributed by atoms with E-state index in [1.54, 1.807) is 6.92 Å². The van der Waals surface area contributed by atoms with E-state index in [9.17, 15) is 22.4 Å². The van der Waals surface area contributed by atoms with Gasteiger partial charge >= 0.3 is 6.18 Å². The van der Waals surface area contributed by atoms with Crippen LogP contribution in [0.25, 0.3) is 0 Å². The van der Waals surface area contributed by atoms with E-state index in [2.05, 4.69) is 10.6 Å². The van der Waals surface area contributed by atoms with Gasteiger partial charge in [0.25, 0.3) is 0 Å². The van der Waals surface area contributed by atoms with Gasteiger partial charge in [0, 0.05) is 12.2 Å². The Bertz CT molecular complexity index is 539. The molecule has 1 heterocycles. The van der Waals surface area contributed by atoms with Gasteiger partial charge in [-0.25, -0.2) is 4.39 Å². The summed E-state index contributed by atoms with van der Waals surface area (Å²) in [6.07, 6.45) is -5.22. The largest absolute Gasteiger partial charge is 0.419 e. The van der Waals surface area contributed by atoms with E-state index in [0.29, 0.717) is 25.3 Å². The van der Waals surface area contributed by atoms with Gasteiger partial charge in [0.05, 0.1) is 18.3 Å². The molecule has 1 aromatic carbocycles. The van der Waals surface area contributed by atoms with Crippen LogP contribution in [0.5, 0.6) is 0 Å². The molecule has 9 heteroatoms. The van der Waals surface area contributed by atoms with Crippen LogP contribution in [0.3, 0.4) is 0 Å². The third kappa shape index (κ3) is 4.31. The van der Waals surface area contributed by atoms with Crippen molar-refractivity contribution < 1.29 is 27.1 Å². The quantitative estimate of drug-likeness (QED) is 0.812. The first-order chi connectivity index (χ1) is 9.79. The van der Waals surface area contributed by atoms with Crippen LogP contribution < -0.4 is 10.6 Å². The molecule has 1 aliphatic heterocycles. The minimum absolute atomic E-state index is 0. The molecule has 0 saturated carbocycles. The summed E-state index contributed by atoms with van der Waals surface area (Å²) in [4.78, 5) is 12.0. The summed E-state index contributed by atoms with van der Waals surface area (Å²) in [5.41, 5.74) is -1.53. The Balaban J connectivity index is 0.00000242. The average Bonchev–Trinajstić information content (AvgIpc) is 2.40. The SMILES string of the molecule is C[C@H]1OCCN[C@@H]1C(=O)Nc1ccc(F)c(C(F)(F)F)c1.Cl. The Labute approximate surface area is 130 Å². The molecule has 1 aliphatic rings. The molecule has 4 nitrogen and oxygen atoms in total. The number of carbonyl (C=O) groups excluding carboxylic acids is 1. The van der Waals surface area contributed by atoms with Crippen molar-refractivity contribution in [3.05, 3.63) is 29.6 Å². The van der Waals surface area contributed by atoms with E-state index in [4.69, 9.17) is 4.74 Å². The van der Waals surface area contributed by atoms with Gasteiger partial charge in [-0.2, -0.15) is 13.2 Å². The Morgan fingerprint density at radius 3 is 2.68 bits per heavy atom. The Morgan fingerprint density at radius 1 is 1.41 bits per heavy atom. The molecule has 2 N–H and O–H groups in total. The molecular formula is C13H15ClF4N2O2. The van der Waals surface area contributed by atoms with Crippen molar-refractivity contribution >= 4 is 24.0 Å². The normalized spacial score (nSPS) is 21.9. The van der Waals surface area contributed by atoms with E-state index >= 15 is 0 Å². The lowest BCUT2D eigenvalue weighted by Gasteiger charge is -2.29. The maximum atomic E-state index is 13.2. The van der Waals surface area contributed by atoms with Crippen LogP contribution in [0.1, 0.15) is 12.5 Å². The van der Waals surface area contributed by atoms with Crippen LogP contribution in [0.15, 0.2) is 18.2 Å². The van der Waals surface area contributed by atoms with Crippen LogP contribution in [0.4, 0.5) is 23.2 Å². The van der Waals surface area contributed by atoms with Gasteiger partial charge in [0.1, 0.15) is 11.9 Å². The standard InChI is InChI=1S/C13H14F4N2O2.ClH/c1-7-11(18-4-5-21-7)12(20)19-8-2-3-10(14)9(6-8)13(15,16)17;/h2-3,6-7,11,18H,4-5H2,1H3,(H,19,20);1H/t7-,11+;/m1./s1. The van der Waals surface area contributed by atoms with Crippen molar-refractivity contribution in [3.8, 4) is 0 Å². The van der Waals surface area contributed by atoms with Crippen LogP contribution in [-0.2, 0) is 15.7 Å². The molecule has 2 atom stereocenters. The van der Waals surface area contributed by atoms with Gasteiger partial charge in [-0.05, 0) is 25.1 Å². The number of morpholine rings is 1. The van der Waals surface area contributed by atoms with Gasteiger partial charge in [-0.3, -0.25) is 4.79 Å². The maximum absolute atomic E-state index is 13.2. The second kappa shape index (κ2) is 7.26. The topological polar surface area (TPSA) is 50.4 Å². The number of carbonyl (C=O) groups is 1. The van der Waals surface area contributed by atoms with Crippen molar-refractivity contribution in [2.24, 2.45) is 0 Å². The number of alkyl halides is 3. The van der Waals surface area contributed by atoms with E-state index in [-0.39, 0.29) is 18.1 Å². The molecule has 0 radical (unpaired) electrons. The van der Waals surface area contributed by atoms with Crippen molar-refractivity contribution in [1.29, 1.82) is 0 Å². The van der Waals surface area contributed by atoms with Crippen molar-refractivity contribution in [2.45, 2.75) is 25.2 Å². The van der Waals surface area contributed by atoms with E-state index in [1.165, 1.54) is 0 Å². The molecular weight excluding hydrogens is 328 g/mol. The molecule has 1 aromatic rings. The fourth-order valence-corrected chi connectivity index (χ4v) is 2.07. The number of rotatable bonds is 2. The van der Waals surface area contributed by atoms with E-state index in [1.807, 2.05) is 0 Å².